The van der Waals surface area contributed by atoms with Crippen LogP contribution in [0.5, 0.6) is 0 Å². The Morgan fingerprint density at radius 2 is 1.70 bits per heavy atom. The molecule has 37 heavy (non-hydrogen) atoms. The van der Waals surface area contributed by atoms with E-state index in [9.17, 15) is 4.79 Å². The molecule has 2 fully saturated rings. The highest BCUT2D eigenvalue weighted by Crippen LogP contribution is 2.28. The highest BCUT2D eigenvalue weighted by Gasteiger charge is 2.24. The van der Waals surface area contributed by atoms with Crippen molar-refractivity contribution < 1.29 is 4.79 Å². The summed E-state index contributed by atoms with van der Waals surface area (Å²) in [5, 5.41) is 3.65. The molecule has 1 aromatic carbocycles. The maximum absolute atomic E-state index is 11.4. The second-order valence-corrected chi connectivity index (χ2v) is 10.9. The molecule has 200 valence electrons. The van der Waals surface area contributed by atoms with Crippen molar-refractivity contribution in [3.8, 4) is 11.4 Å². The average Bonchev–Trinajstić information content (AvgIpc) is 2.92. The molecule has 3 aliphatic heterocycles. The van der Waals surface area contributed by atoms with Gasteiger partial charge in [-0.2, -0.15) is 0 Å². The number of likely N-dealkylation sites (tertiary alicyclic amines) is 1. The number of carbonyl (C=O) groups is 1. The van der Waals surface area contributed by atoms with E-state index in [4.69, 9.17) is 15.7 Å². The molecule has 1 amide bonds. The van der Waals surface area contributed by atoms with Gasteiger partial charge in [0.1, 0.15) is 5.82 Å². The molecule has 9 nitrogen and oxygen atoms in total. The first-order valence-corrected chi connectivity index (χ1v) is 13.8. The molecule has 1 aromatic heterocycles. The summed E-state index contributed by atoms with van der Waals surface area (Å²) in [6, 6.07) is 8.77. The lowest BCUT2D eigenvalue weighted by Crippen LogP contribution is -2.44. The second kappa shape index (κ2) is 11.8. The number of anilines is 2. The lowest BCUT2D eigenvalue weighted by molar-refractivity contribution is -0.123. The highest BCUT2D eigenvalue weighted by molar-refractivity contribution is 5.76. The van der Waals surface area contributed by atoms with E-state index in [1.165, 1.54) is 16.9 Å². The van der Waals surface area contributed by atoms with Crippen molar-refractivity contribution >= 4 is 17.4 Å². The number of carbonyl (C=O) groups excluding carboxylic acids is 1. The number of piperazine rings is 1. The van der Waals surface area contributed by atoms with Gasteiger partial charge in [0, 0.05) is 75.0 Å². The average molecular weight is 507 g/mol. The number of nitrogens with zero attached hydrogens (tertiary/aromatic N) is 6. The molecule has 3 aliphatic rings. The number of rotatable bonds is 8. The van der Waals surface area contributed by atoms with Gasteiger partial charge in [0.25, 0.3) is 0 Å². The summed E-state index contributed by atoms with van der Waals surface area (Å²) in [7, 11) is 4.35. The van der Waals surface area contributed by atoms with Gasteiger partial charge in [-0.1, -0.05) is 0 Å². The Hall–Kier alpha value is -2.75. The third-order valence-corrected chi connectivity index (χ3v) is 8.18. The minimum Gasteiger partial charge on any atom is -0.370 e. The van der Waals surface area contributed by atoms with E-state index in [-0.39, 0.29) is 11.8 Å². The standard InChI is InChI=1S/C28H42N8O/c1-33-16-18-36(19-17-33)23-6-4-22(5-7-23)27-31-25-10-13-34(2)20-24(25)28(32-27)30-11-3-12-35-14-8-21(9-15-35)26(29)37/h4-7,21H,3,8-20H2,1-2H3,(H2,29,37)(H,30,31,32). The molecule has 0 saturated carbocycles. The van der Waals surface area contributed by atoms with Gasteiger partial charge in [-0.25, -0.2) is 9.97 Å². The number of primary amides is 1. The van der Waals surface area contributed by atoms with Gasteiger partial charge < -0.3 is 30.7 Å². The Balaban J connectivity index is 1.24. The zero-order chi connectivity index (χ0) is 25.8. The van der Waals surface area contributed by atoms with Crippen LogP contribution in [0.3, 0.4) is 0 Å². The molecule has 4 heterocycles. The molecule has 0 aliphatic carbocycles. The van der Waals surface area contributed by atoms with E-state index in [0.29, 0.717) is 0 Å². The second-order valence-electron chi connectivity index (χ2n) is 10.9. The van der Waals surface area contributed by atoms with Gasteiger partial charge in [0.15, 0.2) is 5.82 Å². The monoisotopic (exact) mass is 506 g/mol. The molecule has 0 unspecified atom stereocenters. The molecule has 3 N–H and O–H groups in total. The van der Waals surface area contributed by atoms with Crippen molar-refractivity contribution in [2.75, 3.05) is 83.2 Å². The summed E-state index contributed by atoms with van der Waals surface area (Å²) in [6.07, 6.45) is 3.74. The normalized spacial score (nSPS) is 20.1. The number of nitrogens with one attached hydrogen (secondary N) is 1. The van der Waals surface area contributed by atoms with Gasteiger partial charge in [0.2, 0.25) is 5.91 Å². The van der Waals surface area contributed by atoms with Gasteiger partial charge in [0.05, 0.1) is 5.69 Å². The first-order chi connectivity index (χ1) is 18.0. The van der Waals surface area contributed by atoms with E-state index in [2.05, 4.69) is 63.3 Å². The molecular weight excluding hydrogens is 464 g/mol. The van der Waals surface area contributed by atoms with Crippen molar-refractivity contribution in [2.45, 2.75) is 32.2 Å². The zero-order valence-electron chi connectivity index (χ0n) is 22.5. The Morgan fingerprint density at radius 1 is 0.973 bits per heavy atom. The van der Waals surface area contributed by atoms with Gasteiger partial charge in [-0.3, -0.25) is 4.79 Å². The van der Waals surface area contributed by atoms with Crippen molar-refractivity contribution in [3.63, 3.8) is 0 Å². The Morgan fingerprint density at radius 3 is 2.41 bits per heavy atom. The minimum atomic E-state index is -0.149. The van der Waals surface area contributed by atoms with Crippen LogP contribution in [-0.4, -0.2) is 104 Å². The lowest BCUT2D eigenvalue weighted by atomic mass is 9.96. The van der Waals surface area contributed by atoms with Crippen LogP contribution in [0.25, 0.3) is 11.4 Å². The summed E-state index contributed by atoms with van der Waals surface area (Å²) < 4.78 is 0. The number of aromatic nitrogens is 2. The van der Waals surface area contributed by atoms with Crippen molar-refractivity contribution in [2.24, 2.45) is 11.7 Å². The Bertz CT molecular complexity index is 1060. The third kappa shape index (κ3) is 6.40. The van der Waals surface area contributed by atoms with Crippen LogP contribution < -0.4 is 16.0 Å². The van der Waals surface area contributed by atoms with Crippen LogP contribution in [0.4, 0.5) is 11.5 Å². The smallest absolute Gasteiger partial charge is 0.220 e. The number of benzene rings is 1. The minimum absolute atomic E-state index is 0.0490. The van der Waals surface area contributed by atoms with E-state index in [1.807, 2.05) is 0 Å². The SMILES string of the molecule is CN1CCN(c2ccc(-c3nc4c(c(NCCCN5CCC(C(N)=O)CC5)n3)CN(C)CC4)cc2)CC1. The van der Waals surface area contributed by atoms with Crippen molar-refractivity contribution in [1.82, 2.24) is 24.7 Å². The number of piperidine rings is 1. The number of nitrogens with two attached hydrogens (primary N) is 1. The molecule has 5 rings (SSSR count). The number of amides is 1. The Kier molecular flexibility index (Phi) is 8.22. The van der Waals surface area contributed by atoms with Gasteiger partial charge >= 0.3 is 0 Å². The zero-order valence-corrected chi connectivity index (χ0v) is 22.5. The predicted octanol–water partition coefficient (Wildman–Crippen LogP) is 1.88. The maximum Gasteiger partial charge on any atom is 0.220 e. The molecule has 0 radical (unpaired) electrons. The quantitative estimate of drug-likeness (QED) is 0.525. The number of fused-ring (bicyclic) bond motifs is 1. The molecule has 0 bridgehead atoms. The van der Waals surface area contributed by atoms with Crippen LogP contribution in [0.15, 0.2) is 24.3 Å². The molecular formula is C28H42N8O. The largest absolute Gasteiger partial charge is 0.370 e. The Labute approximate surface area is 221 Å². The van der Waals surface area contributed by atoms with Crippen LogP contribution >= 0.6 is 0 Å². The molecule has 9 heteroatoms. The van der Waals surface area contributed by atoms with Crippen LogP contribution in [0.2, 0.25) is 0 Å². The molecule has 2 aromatic rings. The molecule has 0 spiro atoms. The lowest BCUT2D eigenvalue weighted by Gasteiger charge is -2.34. The summed E-state index contributed by atoms with van der Waals surface area (Å²) in [5.74, 6) is 1.68. The van der Waals surface area contributed by atoms with Crippen LogP contribution in [-0.2, 0) is 17.8 Å². The fourth-order valence-electron chi connectivity index (χ4n) is 5.66. The number of hydrogen-bond acceptors (Lipinski definition) is 8. The van der Waals surface area contributed by atoms with Crippen molar-refractivity contribution in [1.29, 1.82) is 0 Å². The number of likely N-dealkylation sites (N-methyl/N-ethyl adjacent to an activating group) is 2. The third-order valence-electron chi connectivity index (χ3n) is 8.18. The van der Waals surface area contributed by atoms with E-state index >= 15 is 0 Å². The molecule has 2 saturated heterocycles. The van der Waals surface area contributed by atoms with E-state index in [1.54, 1.807) is 0 Å². The summed E-state index contributed by atoms with van der Waals surface area (Å²) >= 11 is 0. The van der Waals surface area contributed by atoms with E-state index in [0.717, 1.165) is 108 Å². The summed E-state index contributed by atoms with van der Waals surface area (Å²) in [4.78, 5) is 31.1. The first kappa shape index (κ1) is 25.9. The van der Waals surface area contributed by atoms with Gasteiger partial charge in [-0.15, -0.1) is 0 Å². The summed E-state index contributed by atoms with van der Waals surface area (Å²) in [6.45, 7) is 10.0. The van der Waals surface area contributed by atoms with Gasteiger partial charge in [-0.05, 0) is 77.3 Å². The maximum atomic E-state index is 11.4. The highest BCUT2D eigenvalue weighted by atomic mass is 16.1. The summed E-state index contributed by atoms with van der Waals surface area (Å²) in [5.41, 5.74) is 10.2. The van der Waals surface area contributed by atoms with Crippen LogP contribution in [0, 0.1) is 5.92 Å². The molecule has 0 atom stereocenters. The fourth-order valence-corrected chi connectivity index (χ4v) is 5.66. The number of hydrogen-bond donors (Lipinski definition) is 2. The van der Waals surface area contributed by atoms with E-state index < -0.39 is 0 Å². The fraction of sp³-hybridized carbons (Fsp3) is 0.607. The predicted molar refractivity (Wildman–Crippen MR) is 149 cm³/mol. The van der Waals surface area contributed by atoms with Crippen LogP contribution in [0.1, 0.15) is 30.5 Å². The topological polar surface area (TPSA) is 93.9 Å². The van der Waals surface area contributed by atoms with Crippen molar-refractivity contribution in [3.05, 3.63) is 35.5 Å². The first-order valence-electron chi connectivity index (χ1n) is 13.8.